The predicted molar refractivity (Wildman–Crippen MR) is 55.7 cm³/mol. The molecule has 0 aromatic heterocycles. The van der Waals surface area contributed by atoms with Gasteiger partial charge in [0.15, 0.2) is 0 Å². The second-order valence-electron chi connectivity index (χ2n) is 3.83. The van der Waals surface area contributed by atoms with Crippen LogP contribution in [0.2, 0.25) is 0 Å². The van der Waals surface area contributed by atoms with Crippen molar-refractivity contribution in [2.75, 3.05) is 0 Å². The van der Waals surface area contributed by atoms with E-state index in [1.54, 1.807) is 0 Å². The Morgan fingerprint density at radius 3 is 2.60 bits per heavy atom. The second kappa shape index (κ2) is 3.74. The molecule has 1 fully saturated rings. The molecule has 2 rings (SSSR count). The molecule has 1 aromatic carbocycles. The highest BCUT2D eigenvalue weighted by Gasteiger charge is 2.45. The van der Waals surface area contributed by atoms with E-state index in [1.807, 2.05) is 36.4 Å². The zero-order valence-electron chi connectivity index (χ0n) is 8.36. The summed E-state index contributed by atoms with van der Waals surface area (Å²) in [7, 11) is 0. The monoisotopic (exact) mass is 200 g/mol. The van der Waals surface area contributed by atoms with Gasteiger partial charge >= 0.3 is 0 Å². The minimum Gasteiger partial charge on any atom is -0.346 e. The molecule has 3 nitrogen and oxygen atoms in total. The van der Waals surface area contributed by atoms with Crippen molar-refractivity contribution in [2.24, 2.45) is 0 Å². The Balaban J connectivity index is 2.09. The first-order valence-corrected chi connectivity index (χ1v) is 5.00. The number of nitrogens with zero attached hydrogens (tertiary/aromatic N) is 1. The van der Waals surface area contributed by atoms with E-state index >= 15 is 0 Å². The Kier molecular flexibility index (Phi) is 2.42. The molecule has 76 valence electrons. The third-order valence-corrected chi connectivity index (χ3v) is 2.69. The van der Waals surface area contributed by atoms with Crippen LogP contribution < -0.4 is 5.32 Å². The van der Waals surface area contributed by atoms with Crippen LogP contribution in [-0.2, 0) is 10.3 Å². The highest BCUT2D eigenvalue weighted by molar-refractivity contribution is 5.79. The largest absolute Gasteiger partial charge is 0.346 e. The van der Waals surface area contributed by atoms with Gasteiger partial charge in [-0.2, -0.15) is 5.26 Å². The SMILES string of the molecule is N#CCC(=O)NC1(c2ccccc2)CC1. The van der Waals surface area contributed by atoms with Crippen molar-refractivity contribution < 1.29 is 4.79 Å². The number of carbonyl (C=O) groups excluding carboxylic acids is 1. The average molecular weight is 200 g/mol. The normalized spacial score (nSPS) is 16.5. The molecule has 1 saturated carbocycles. The summed E-state index contributed by atoms with van der Waals surface area (Å²) >= 11 is 0. The smallest absolute Gasteiger partial charge is 0.234 e. The Bertz CT molecular complexity index is 401. The second-order valence-corrected chi connectivity index (χ2v) is 3.83. The predicted octanol–water partition coefficient (Wildman–Crippen LogP) is 1.71. The summed E-state index contributed by atoms with van der Waals surface area (Å²) in [6, 6.07) is 11.8. The summed E-state index contributed by atoms with van der Waals surface area (Å²) in [6.45, 7) is 0. The van der Waals surface area contributed by atoms with Gasteiger partial charge < -0.3 is 5.32 Å². The molecule has 0 spiro atoms. The van der Waals surface area contributed by atoms with Gasteiger partial charge in [0.2, 0.25) is 5.91 Å². The lowest BCUT2D eigenvalue weighted by molar-refractivity contribution is -0.121. The van der Waals surface area contributed by atoms with Crippen LogP contribution in [0, 0.1) is 11.3 Å². The Morgan fingerprint density at radius 1 is 1.40 bits per heavy atom. The number of carbonyl (C=O) groups is 1. The fraction of sp³-hybridized carbons (Fsp3) is 0.333. The molecule has 1 aliphatic rings. The lowest BCUT2D eigenvalue weighted by atomic mass is 10.1. The van der Waals surface area contributed by atoms with E-state index in [0.717, 1.165) is 18.4 Å². The van der Waals surface area contributed by atoms with Gasteiger partial charge in [0.05, 0.1) is 11.6 Å². The zero-order valence-corrected chi connectivity index (χ0v) is 8.36. The van der Waals surface area contributed by atoms with E-state index in [9.17, 15) is 4.79 Å². The van der Waals surface area contributed by atoms with Crippen LogP contribution in [0.15, 0.2) is 30.3 Å². The molecule has 0 aliphatic heterocycles. The van der Waals surface area contributed by atoms with E-state index in [-0.39, 0.29) is 17.9 Å². The number of amides is 1. The molecule has 1 amide bonds. The Hall–Kier alpha value is -1.82. The summed E-state index contributed by atoms with van der Waals surface area (Å²) in [5.74, 6) is -0.182. The average Bonchev–Trinajstić information content (AvgIpc) is 3.01. The van der Waals surface area contributed by atoms with Crippen LogP contribution in [0.3, 0.4) is 0 Å². The highest BCUT2D eigenvalue weighted by atomic mass is 16.1. The fourth-order valence-corrected chi connectivity index (χ4v) is 1.75. The van der Waals surface area contributed by atoms with E-state index < -0.39 is 0 Å². The lowest BCUT2D eigenvalue weighted by Gasteiger charge is -2.16. The third-order valence-electron chi connectivity index (χ3n) is 2.69. The first-order chi connectivity index (χ1) is 7.27. The number of nitrogens with one attached hydrogen (secondary N) is 1. The maximum Gasteiger partial charge on any atom is 0.234 e. The fourth-order valence-electron chi connectivity index (χ4n) is 1.75. The Morgan fingerprint density at radius 2 is 2.07 bits per heavy atom. The molecule has 1 aromatic rings. The molecular formula is C12H12N2O. The Labute approximate surface area is 88.7 Å². The van der Waals surface area contributed by atoms with E-state index in [4.69, 9.17) is 5.26 Å². The molecule has 1 aliphatic carbocycles. The molecule has 3 heteroatoms. The van der Waals surface area contributed by atoms with Crippen molar-refractivity contribution in [1.82, 2.24) is 5.32 Å². The number of benzene rings is 1. The van der Waals surface area contributed by atoms with Gasteiger partial charge in [-0.05, 0) is 18.4 Å². The van der Waals surface area contributed by atoms with Crippen molar-refractivity contribution in [3.8, 4) is 6.07 Å². The number of rotatable bonds is 3. The van der Waals surface area contributed by atoms with Crippen molar-refractivity contribution in [2.45, 2.75) is 24.8 Å². The first kappa shape index (κ1) is 9.72. The van der Waals surface area contributed by atoms with E-state index in [0.29, 0.717) is 0 Å². The molecule has 0 unspecified atom stereocenters. The van der Waals surface area contributed by atoms with Crippen LogP contribution in [0.4, 0.5) is 0 Å². The maximum atomic E-state index is 11.3. The molecule has 0 saturated heterocycles. The van der Waals surface area contributed by atoms with Gasteiger partial charge in [-0.15, -0.1) is 0 Å². The third kappa shape index (κ3) is 1.99. The van der Waals surface area contributed by atoms with Crippen LogP contribution in [0.1, 0.15) is 24.8 Å². The summed E-state index contributed by atoms with van der Waals surface area (Å²) in [5.41, 5.74) is 0.950. The first-order valence-electron chi connectivity index (χ1n) is 5.00. The molecule has 15 heavy (non-hydrogen) atoms. The summed E-state index contributed by atoms with van der Waals surface area (Å²) in [6.07, 6.45) is 1.87. The lowest BCUT2D eigenvalue weighted by Crippen LogP contribution is -2.34. The minimum absolute atomic E-state index is 0.0609. The minimum atomic E-state index is -0.185. The highest BCUT2D eigenvalue weighted by Crippen LogP contribution is 2.45. The van der Waals surface area contributed by atoms with Crippen LogP contribution in [0.25, 0.3) is 0 Å². The number of nitriles is 1. The van der Waals surface area contributed by atoms with Crippen molar-refractivity contribution >= 4 is 5.91 Å². The van der Waals surface area contributed by atoms with Crippen LogP contribution >= 0.6 is 0 Å². The van der Waals surface area contributed by atoms with Gasteiger partial charge in [0.25, 0.3) is 0 Å². The van der Waals surface area contributed by atoms with Gasteiger partial charge in [0.1, 0.15) is 6.42 Å². The van der Waals surface area contributed by atoms with Gasteiger partial charge in [-0.3, -0.25) is 4.79 Å². The van der Waals surface area contributed by atoms with E-state index in [2.05, 4.69) is 5.32 Å². The number of hydrogen-bond donors (Lipinski definition) is 1. The molecule has 1 N–H and O–H groups in total. The van der Waals surface area contributed by atoms with Gasteiger partial charge in [0, 0.05) is 0 Å². The van der Waals surface area contributed by atoms with Crippen molar-refractivity contribution in [1.29, 1.82) is 5.26 Å². The summed E-state index contributed by atoms with van der Waals surface area (Å²) in [4.78, 5) is 11.3. The van der Waals surface area contributed by atoms with Crippen LogP contribution in [-0.4, -0.2) is 5.91 Å². The molecule has 0 heterocycles. The maximum absolute atomic E-state index is 11.3. The zero-order chi connectivity index (χ0) is 10.7. The standard InChI is InChI=1S/C12H12N2O/c13-9-6-11(15)14-12(7-8-12)10-4-2-1-3-5-10/h1-5H,6-8H2,(H,14,15). The number of hydrogen-bond acceptors (Lipinski definition) is 2. The summed E-state index contributed by atoms with van der Waals surface area (Å²) in [5, 5.41) is 11.3. The summed E-state index contributed by atoms with van der Waals surface area (Å²) < 4.78 is 0. The molecule has 0 atom stereocenters. The molecule has 0 bridgehead atoms. The topological polar surface area (TPSA) is 52.9 Å². The van der Waals surface area contributed by atoms with Crippen LogP contribution in [0.5, 0.6) is 0 Å². The molecule has 0 radical (unpaired) electrons. The van der Waals surface area contributed by atoms with Gasteiger partial charge in [-0.25, -0.2) is 0 Å². The van der Waals surface area contributed by atoms with Gasteiger partial charge in [-0.1, -0.05) is 30.3 Å². The molecular weight excluding hydrogens is 188 g/mol. The van der Waals surface area contributed by atoms with E-state index in [1.165, 1.54) is 0 Å². The van der Waals surface area contributed by atoms with Crippen molar-refractivity contribution in [3.05, 3.63) is 35.9 Å². The quantitative estimate of drug-likeness (QED) is 0.807. The van der Waals surface area contributed by atoms with Crippen molar-refractivity contribution in [3.63, 3.8) is 0 Å².